The molecular weight excluding hydrogens is 536 g/mol. The molecule has 0 bridgehead atoms. The molecule has 1 aromatic rings. The summed E-state index contributed by atoms with van der Waals surface area (Å²) in [5.74, 6) is -3.24. The van der Waals surface area contributed by atoms with Gasteiger partial charge in [0.1, 0.15) is 0 Å². The number of rotatable bonds is 14. The van der Waals surface area contributed by atoms with Crippen LogP contribution in [-0.2, 0) is 20.9 Å². The van der Waals surface area contributed by atoms with Crippen LogP contribution in [0.4, 0.5) is 0 Å². The number of unbranched alkanes of at least 4 members (excludes halogenated alkanes) is 3. The van der Waals surface area contributed by atoms with Crippen LogP contribution in [0.1, 0.15) is 48.7 Å². The van der Waals surface area contributed by atoms with E-state index in [2.05, 4.69) is 12.2 Å². The number of nitrogens with zero attached hydrogens (tertiary/aromatic N) is 5. The molecule has 14 heteroatoms. The predicted molar refractivity (Wildman–Crippen MR) is 148 cm³/mol. The smallest absolute Gasteiger partial charge is 0.317 e. The first-order valence-electron chi connectivity index (χ1n) is 14.1. The van der Waals surface area contributed by atoms with Gasteiger partial charge in [-0.1, -0.05) is 26.2 Å². The second kappa shape index (κ2) is 18.2. The summed E-state index contributed by atoms with van der Waals surface area (Å²) in [4.78, 5) is 54.2. The molecule has 230 valence electrons. The van der Waals surface area contributed by atoms with E-state index in [1.165, 1.54) is 12.3 Å². The zero-order valence-electron chi connectivity index (χ0n) is 23.9. The van der Waals surface area contributed by atoms with Crippen LogP contribution in [0, 0.1) is 0 Å². The van der Waals surface area contributed by atoms with Crippen molar-refractivity contribution in [2.75, 3.05) is 78.5 Å². The summed E-state index contributed by atoms with van der Waals surface area (Å²) in [5, 5.41) is 41.5. The Bertz CT molecular complexity index is 978. The number of carboxylic acids is 3. The van der Waals surface area contributed by atoms with Crippen LogP contribution in [0.5, 0.6) is 0 Å². The van der Waals surface area contributed by atoms with Crippen molar-refractivity contribution < 1.29 is 44.4 Å². The maximum atomic E-state index is 12.7. The molecular formula is C27H45N6O8+. The van der Waals surface area contributed by atoms with E-state index in [0.29, 0.717) is 70.2 Å². The molecule has 0 radical (unpaired) electrons. The lowest BCUT2D eigenvalue weighted by atomic mass is 10.2. The van der Waals surface area contributed by atoms with E-state index < -0.39 is 17.9 Å². The SMILES string of the molecule is CCCCCCNC(=O)c1cc[n+](O)c(CN2CCN(CC(=O)O)CCN(CC(=O)O)CCN(CC(=O)O)CC2)c1. The highest BCUT2D eigenvalue weighted by Gasteiger charge is 2.23. The summed E-state index contributed by atoms with van der Waals surface area (Å²) in [6.45, 7) is 5.05. The monoisotopic (exact) mass is 581 g/mol. The Morgan fingerprint density at radius 1 is 0.756 bits per heavy atom. The van der Waals surface area contributed by atoms with Gasteiger partial charge in [0.15, 0.2) is 0 Å². The topological polar surface area (TPSA) is 178 Å². The van der Waals surface area contributed by atoms with E-state index in [-0.39, 0.29) is 32.1 Å². The summed E-state index contributed by atoms with van der Waals surface area (Å²) in [7, 11) is 0. The molecule has 41 heavy (non-hydrogen) atoms. The first-order chi connectivity index (χ1) is 19.6. The third kappa shape index (κ3) is 13.7. The second-order valence-corrected chi connectivity index (χ2v) is 10.4. The summed E-state index contributed by atoms with van der Waals surface area (Å²) in [6.07, 6.45) is 5.55. The van der Waals surface area contributed by atoms with Crippen LogP contribution in [-0.4, -0.2) is 142 Å². The zero-order valence-corrected chi connectivity index (χ0v) is 23.9. The van der Waals surface area contributed by atoms with Gasteiger partial charge in [-0.15, -0.1) is 0 Å². The number of aliphatic carboxylic acids is 3. The van der Waals surface area contributed by atoms with Crippen LogP contribution < -0.4 is 10.0 Å². The fraction of sp³-hybridized carbons (Fsp3) is 0.667. The van der Waals surface area contributed by atoms with Gasteiger partial charge in [0.25, 0.3) is 5.91 Å². The lowest BCUT2D eigenvalue weighted by molar-refractivity contribution is -0.910. The van der Waals surface area contributed by atoms with Crippen molar-refractivity contribution in [3.63, 3.8) is 0 Å². The van der Waals surface area contributed by atoms with Crippen molar-refractivity contribution in [1.29, 1.82) is 0 Å². The summed E-state index contributed by atoms with van der Waals surface area (Å²) in [5.41, 5.74) is 0.867. The van der Waals surface area contributed by atoms with E-state index in [9.17, 15) is 39.7 Å². The molecule has 5 N–H and O–H groups in total. The molecule has 0 aliphatic carbocycles. The Kier molecular flexibility index (Phi) is 15.0. The molecule has 0 spiro atoms. The van der Waals surface area contributed by atoms with Crippen LogP contribution in [0.3, 0.4) is 0 Å². The van der Waals surface area contributed by atoms with Gasteiger partial charge in [0.2, 0.25) is 11.9 Å². The standard InChI is InChI=1S/C27H44N6O8/c1-2-3-4-5-7-28-27(40)22-6-8-33(41)23(17-22)18-29-9-11-30(19-24(34)35)13-15-32(21-26(38)39)16-14-31(12-10-29)20-25(36)37/h6,8,17H,2-5,7,9-16,18-21H2,1H3,(H4-,28,34,35,36,37,38,39,40,41)/p+1. The minimum Gasteiger partial charge on any atom is -0.480 e. The average molecular weight is 582 g/mol. The van der Waals surface area contributed by atoms with E-state index in [4.69, 9.17) is 0 Å². The maximum absolute atomic E-state index is 12.7. The first kappa shape index (κ1) is 33.9. The Morgan fingerprint density at radius 3 is 1.66 bits per heavy atom. The van der Waals surface area contributed by atoms with E-state index in [0.717, 1.165) is 30.4 Å². The number of hydrogen-bond acceptors (Lipinski definition) is 9. The summed E-state index contributed by atoms with van der Waals surface area (Å²) < 4.78 is 0.946. The lowest BCUT2D eigenvalue weighted by Crippen LogP contribution is -2.49. The van der Waals surface area contributed by atoms with E-state index in [1.807, 2.05) is 4.90 Å². The number of carboxylic acid groups (broad SMARTS) is 3. The summed E-state index contributed by atoms with van der Waals surface area (Å²) in [6, 6.07) is 3.15. The zero-order chi connectivity index (χ0) is 30.2. The number of carbonyl (C=O) groups excluding carboxylic acids is 1. The van der Waals surface area contributed by atoms with Gasteiger partial charge in [0, 0.05) is 75.8 Å². The Morgan fingerprint density at radius 2 is 1.22 bits per heavy atom. The minimum absolute atomic E-state index is 0.214. The van der Waals surface area contributed by atoms with E-state index in [1.54, 1.807) is 20.8 Å². The predicted octanol–water partition coefficient (Wildman–Crippen LogP) is -0.503. The maximum Gasteiger partial charge on any atom is 0.317 e. The first-order valence-corrected chi connectivity index (χ1v) is 14.1. The fourth-order valence-corrected chi connectivity index (χ4v) is 4.67. The third-order valence-corrected chi connectivity index (χ3v) is 6.98. The molecule has 0 atom stereocenters. The Labute approximate surface area is 240 Å². The quantitative estimate of drug-likeness (QED) is 0.108. The van der Waals surface area contributed by atoms with Gasteiger partial charge in [-0.25, -0.2) is 0 Å². The molecule has 0 aromatic carbocycles. The Hall–Kier alpha value is -3.33. The molecule has 0 saturated carbocycles. The molecule has 14 nitrogen and oxygen atoms in total. The van der Waals surface area contributed by atoms with Gasteiger partial charge in [0.05, 0.1) is 31.7 Å². The van der Waals surface area contributed by atoms with Crippen LogP contribution in [0.15, 0.2) is 18.3 Å². The highest BCUT2D eigenvalue weighted by atomic mass is 16.5. The van der Waals surface area contributed by atoms with Gasteiger partial charge in [-0.2, -0.15) is 0 Å². The molecule has 1 amide bonds. The number of nitrogens with one attached hydrogen (secondary N) is 1. The molecule has 2 rings (SSSR count). The molecule has 1 fully saturated rings. The lowest BCUT2D eigenvalue weighted by Gasteiger charge is -2.32. The van der Waals surface area contributed by atoms with Crippen molar-refractivity contribution in [1.82, 2.24) is 24.9 Å². The highest BCUT2D eigenvalue weighted by molar-refractivity contribution is 5.94. The van der Waals surface area contributed by atoms with Crippen LogP contribution in [0.25, 0.3) is 0 Å². The minimum atomic E-state index is -1.01. The second-order valence-electron chi connectivity index (χ2n) is 10.4. The largest absolute Gasteiger partial charge is 0.480 e. The number of carbonyl (C=O) groups is 4. The number of aromatic nitrogens is 1. The molecule has 0 unspecified atom stereocenters. The molecule has 1 aliphatic heterocycles. The molecule has 2 heterocycles. The third-order valence-electron chi connectivity index (χ3n) is 6.98. The van der Waals surface area contributed by atoms with Gasteiger partial charge in [-0.05, 0) is 6.42 Å². The summed E-state index contributed by atoms with van der Waals surface area (Å²) >= 11 is 0. The van der Waals surface area contributed by atoms with Crippen molar-refractivity contribution in [2.45, 2.75) is 39.2 Å². The van der Waals surface area contributed by atoms with Gasteiger partial charge in [-0.3, -0.25) is 44.0 Å². The number of pyridine rings is 1. The molecule has 1 aromatic heterocycles. The van der Waals surface area contributed by atoms with Crippen LogP contribution >= 0.6 is 0 Å². The Balaban J connectivity index is 2.19. The van der Waals surface area contributed by atoms with Crippen molar-refractivity contribution >= 4 is 23.8 Å². The average Bonchev–Trinajstić information content (AvgIpc) is 2.90. The molecule has 1 aliphatic rings. The highest BCUT2D eigenvalue weighted by Crippen LogP contribution is 2.07. The number of hydrogen-bond donors (Lipinski definition) is 5. The molecule has 1 saturated heterocycles. The normalized spacial score (nSPS) is 16.9. The van der Waals surface area contributed by atoms with E-state index >= 15 is 0 Å². The fourth-order valence-electron chi connectivity index (χ4n) is 4.67. The van der Waals surface area contributed by atoms with Crippen molar-refractivity contribution in [3.05, 3.63) is 29.6 Å². The number of amides is 1. The van der Waals surface area contributed by atoms with Crippen molar-refractivity contribution in [3.8, 4) is 0 Å². The van der Waals surface area contributed by atoms with Gasteiger partial charge < -0.3 is 20.6 Å². The van der Waals surface area contributed by atoms with Crippen molar-refractivity contribution in [2.24, 2.45) is 0 Å². The van der Waals surface area contributed by atoms with Gasteiger partial charge >= 0.3 is 17.9 Å². The van der Waals surface area contributed by atoms with Crippen LogP contribution in [0.2, 0.25) is 0 Å².